The van der Waals surface area contributed by atoms with E-state index in [0.29, 0.717) is 30.2 Å². The third kappa shape index (κ3) is 5.83. The summed E-state index contributed by atoms with van der Waals surface area (Å²) in [4.78, 5) is 52.7. The highest BCUT2D eigenvalue weighted by molar-refractivity contribution is 6.07. The van der Waals surface area contributed by atoms with Crippen molar-refractivity contribution in [1.82, 2.24) is 29.7 Å². The van der Waals surface area contributed by atoms with E-state index in [0.717, 1.165) is 19.0 Å². The Morgan fingerprint density at radius 3 is 1.97 bits per heavy atom. The molecule has 0 saturated heterocycles. The van der Waals surface area contributed by atoms with E-state index in [1.54, 1.807) is 37.1 Å². The van der Waals surface area contributed by atoms with Gasteiger partial charge in [0.05, 0.1) is 29.0 Å². The maximum atomic E-state index is 12.9. The Labute approximate surface area is 217 Å². The first kappa shape index (κ1) is 26.0. The summed E-state index contributed by atoms with van der Waals surface area (Å²) in [6.07, 6.45) is 4.41. The normalized spacial score (nSPS) is 12.4. The lowest BCUT2D eigenvalue weighted by atomic mass is 10.3. The second kappa shape index (κ2) is 10.9. The molecule has 3 aromatic rings. The lowest BCUT2D eigenvalue weighted by Gasteiger charge is -2.08. The van der Waals surface area contributed by atoms with Crippen molar-refractivity contribution in [2.45, 2.75) is 0 Å². The van der Waals surface area contributed by atoms with Crippen LogP contribution < -0.4 is 26.6 Å². The Morgan fingerprint density at radius 1 is 0.895 bits per heavy atom. The number of rotatable bonds is 9. The number of amides is 3. The number of guanidine groups is 1. The first-order valence-electron chi connectivity index (χ1n) is 11.7. The third-order valence-electron chi connectivity index (χ3n) is 5.80. The summed E-state index contributed by atoms with van der Waals surface area (Å²) in [5, 5.41) is 25.4. The fourth-order valence-corrected chi connectivity index (χ4v) is 3.94. The molecule has 0 spiro atoms. The van der Waals surface area contributed by atoms with Gasteiger partial charge in [-0.2, -0.15) is 0 Å². The molecule has 0 saturated carbocycles. The number of hydrogen-bond donors (Lipinski definition) is 5. The molecule has 4 rings (SSSR count). The van der Waals surface area contributed by atoms with Crippen LogP contribution in [0.1, 0.15) is 31.5 Å². The Kier molecular flexibility index (Phi) is 7.45. The van der Waals surface area contributed by atoms with Gasteiger partial charge in [0.2, 0.25) is 0 Å². The molecule has 1 aliphatic rings. The van der Waals surface area contributed by atoms with E-state index in [4.69, 9.17) is 0 Å². The van der Waals surface area contributed by atoms with E-state index in [1.807, 2.05) is 0 Å². The van der Waals surface area contributed by atoms with Gasteiger partial charge < -0.3 is 40.3 Å². The van der Waals surface area contributed by atoms with Crippen molar-refractivity contribution < 1.29 is 19.3 Å². The van der Waals surface area contributed by atoms with Crippen LogP contribution in [0.5, 0.6) is 0 Å². The summed E-state index contributed by atoms with van der Waals surface area (Å²) >= 11 is 0. The van der Waals surface area contributed by atoms with Gasteiger partial charge in [-0.3, -0.25) is 29.5 Å². The summed E-state index contributed by atoms with van der Waals surface area (Å²) in [6.45, 7) is 2.43. The molecule has 200 valence electrons. The Hall–Kier alpha value is -5.08. The molecule has 3 aromatic heterocycles. The summed E-state index contributed by atoms with van der Waals surface area (Å²) in [5.74, 6) is -0.579. The highest BCUT2D eigenvalue weighted by Gasteiger charge is 2.20. The van der Waals surface area contributed by atoms with E-state index in [2.05, 4.69) is 31.6 Å². The van der Waals surface area contributed by atoms with Crippen LogP contribution in [0.4, 0.5) is 17.1 Å². The van der Waals surface area contributed by atoms with Crippen LogP contribution in [-0.4, -0.2) is 68.5 Å². The molecule has 0 aromatic carbocycles. The molecular formula is C23H28N10O5. The van der Waals surface area contributed by atoms with Gasteiger partial charge in [0, 0.05) is 59.2 Å². The zero-order chi connectivity index (χ0) is 27.4. The molecule has 38 heavy (non-hydrogen) atoms. The second-order valence-corrected chi connectivity index (χ2v) is 8.65. The second-order valence-electron chi connectivity index (χ2n) is 8.65. The molecule has 15 heteroatoms. The van der Waals surface area contributed by atoms with E-state index in [1.165, 1.54) is 34.5 Å². The minimum absolute atomic E-state index is 0.0985. The largest absolute Gasteiger partial charge is 0.355 e. The zero-order valence-corrected chi connectivity index (χ0v) is 21.1. The summed E-state index contributed by atoms with van der Waals surface area (Å²) < 4.78 is 4.49. The van der Waals surface area contributed by atoms with Gasteiger partial charge >= 0.3 is 0 Å². The molecule has 1 aliphatic heterocycles. The van der Waals surface area contributed by atoms with Crippen LogP contribution in [-0.2, 0) is 21.1 Å². The minimum atomic E-state index is -0.581. The SMILES string of the molecule is Cn1cc(NC(=O)c2cc(NC(=O)c3cc([N+](=O)[O-])cn3C)cn2C)cc1C(=O)NCCNC1=NCCN1. The van der Waals surface area contributed by atoms with Crippen molar-refractivity contribution in [1.29, 1.82) is 0 Å². The van der Waals surface area contributed by atoms with Crippen LogP contribution in [0.15, 0.2) is 41.8 Å². The first-order chi connectivity index (χ1) is 18.1. The van der Waals surface area contributed by atoms with Crippen LogP contribution in [0.25, 0.3) is 0 Å². The third-order valence-corrected chi connectivity index (χ3v) is 5.80. The Morgan fingerprint density at radius 2 is 1.45 bits per heavy atom. The van der Waals surface area contributed by atoms with E-state index >= 15 is 0 Å². The summed E-state index contributed by atoms with van der Waals surface area (Å²) in [6, 6.07) is 4.22. The predicted octanol–water partition coefficient (Wildman–Crippen LogP) is 0.394. The Bertz CT molecular complexity index is 1430. The highest BCUT2D eigenvalue weighted by Crippen LogP contribution is 2.20. The lowest BCUT2D eigenvalue weighted by Crippen LogP contribution is -2.39. The van der Waals surface area contributed by atoms with E-state index in [-0.39, 0.29) is 23.0 Å². The number of nitro groups is 1. The molecule has 4 heterocycles. The van der Waals surface area contributed by atoms with Gasteiger partial charge in [0.25, 0.3) is 23.4 Å². The predicted molar refractivity (Wildman–Crippen MR) is 139 cm³/mol. The molecule has 0 aliphatic carbocycles. The highest BCUT2D eigenvalue weighted by atomic mass is 16.6. The van der Waals surface area contributed by atoms with Crippen molar-refractivity contribution >= 4 is 40.7 Å². The molecule has 0 unspecified atom stereocenters. The van der Waals surface area contributed by atoms with Gasteiger partial charge in [-0.1, -0.05) is 0 Å². The fraction of sp³-hybridized carbons (Fsp3) is 0.304. The Balaban J connectivity index is 1.35. The van der Waals surface area contributed by atoms with Crippen molar-refractivity contribution in [3.05, 3.63) is 64.0 Å². The maximum Gasteiger partial charge on any atom is 0.287 e. The number of hydrogen-bond acceptors (Lipinski definition) is 8. The average Bonchev–Trinajstić information content (AvgIpc) is 3.64. The zero-order valence-electron chi connectivity index (χ0n) is 21.1. The van der Waals surface area contributed by atoms with Gasteiger partial charge in [0.1, 0.15) is 17.1 Å². The number of carbonyl (C=O) groups excluding carboxylic acids is 3. The first-order valence-corrected chi connectivity index (χ1v) is 11.7. The van der Waals surface area contributed by atoms with Crippen LogP contribution in [0.3, 0.4) is 0 Å². The smallest absolute Gasteiger partial charge is 0.287 e. The number of aliphatic imine (C=N–C) groups is 1. The van der Waals surface area contributed by atoms with Gasteiger partial charge in [0.15, 0.2) is 5.96 Å². The quantitative estimate of drug-likeness (QED) is 0.152. The molecule has 0 bridgehead atoms. The van der Waals surface area contributed by atoms with Crippen LogP contribution in [0, 0.1) is 10.1 Å². The van der Waals surface area contributed by atoms with Gasteiger partial charge in [-0.05, 0) is 12.1 Å². The number of nitrogens with one attached hydrogen (secondary N) is 5. The molecule has 0 atom stereocenters. The topological polar surface area (TPSA) is 182 Å². The van der Waals surface area contributed by atoms with Crippen molar-refractivity contribution in [2.75, 3.05) is 36.8 Å². The fourth-order valence-electron chi connectivity index (χ4n) is 3.94. The molecule has 15 nitrogen and oxygen atoms in total. The number of aryl methyl sites for hydroxylation is 3. The number of nitrogens with zero attached hydrogens (tertiary/aromatic N) is 5. The van der Waals surface area contributed by atoms with Crippen LogP contribution >= 0.6 is 0 Å². The molecule has 0 radical (unpaired) electrons. The number of carbonyl (C=O) groups is 3. The number of aromatic nitrogens is 3. The lowest BCUT2D eigenvalue weighted by molar-refractivity contribution is -0.384. The molecule has 3 amide bonds. The summed E-state index contributed by atoms with van der Waals surface area (Å²) in [7, 11) is 4.87. The van der Waals surface area contributed by atoms with Gasteiger partial charge in [-0.15, -0.1) is 0 Å². The van der Waals surface area contributed by atoms with Crippen LogP contribution in [0.2, 0.25) is 0 Å². The van der Waals surface area contributed by atoms with Crippen molar-refractivity contribution in [3.63, 3.8) is 0 Å². The molecular weight excluding hydrogens is 496 g/mol. The number of anilines is 2. The summed E-state index contributed by atoms with van der Waals surface area (Å²) in [5.41, 5.74) is 1.28. The van der Waals surface area contributed by atoms with Gasteiger partial charge in [-0.25, -0.2) is 0 Å². The van der Waals surface area contributed by atoms with Crippen molar-refractivity contribution in [3.8, 4) is 0 Å². The standard InChI is InChI=1S/C23H28N10O5/c1-30-11-14(8-17(30)20(34)24-4-5-25-23-26-6-7-27-23)28-21(35)18-9-15(12-31(18)2)29-22(36)19-10-16(33(37)38)13-32(19)3/h8-13H,4-7H2,1-3H3,(H,24,34)(H,28,35)(H,29,36)(H2,25,26,27). The average molecular weight is 525 g/mol. The van der Waals surface area contributed by atoms with Crippen molar-refractivity contribution in [2.24, 2.45) is 26.1 Å². The minimum Gasteiger partial charge on any atom is -0.355 e. The molecule has 5 N–H and O–H groups in total. The monoisotopic (exact) mass is 524 g/mol. The maximum absolute atomic E-state index is 12.9. The van der Waals surface area contributed by atoms with E-state index < -0.39 is 16.7 Å². The van der Waals surface area contributed by atoms with E-state index in [9.17, 15) is 24.5 Å². The molecule has 0 fully saturated rings.